The average molecular weight is 339 g/mol. The van der Waals surface area contributed by atoms with Crippen molar-refractivity contribution < 1.29 is 5.11 Å². The van der Waals surface area contributed by atoms with Crippen molar-refractivity contribution in [2.45, 2.75) is 13.5 Å². The van der Waals surface area contributed by atoms with Crippen molar-refractivity contribution in [1.82, 2.24) is 0 Å². The van der Waals surface area contributed by atoms with E-state index in [0.717, 1.165) is 16.8 Å². The Bertz CT molecular complexity index is 525. The highest BCUT2D eigenvalue weighted by atomic mass is 127. The average Bonchev–Trinajstić information content (AvgIpc) is 2.33. The van der Waals surface area contributed by atoms with Crippen LogP contribution in [0.5, 0.6) is 5.75 Å². The third-order valence-corrected chi connectivity index (χ3v) is 3.61. The molecule has 0 aliphatic heterocycles. The van der Waals surface area contributed by atoms with Crippen molar-refractivity contribution in [2.75, 3.05) is 5.32 Å². The molecule has 0 aromatic heterocycles. The molecule has 0 amide bonds. The van der Waals surface area contributed by atoms with Gasteiger partial charge in [0, 0.05) is 21.4 Å². The predicted molar refractivity (Wildman–Crippen MR) is 79.3 cm³/mol. The first kappa shape index (κ1) is 12.2. The van der Waals surface area contributed by atoms with E-state index in [9.17, 15) is 5.11 Å². The van der Waals surface area contributed by atoms with E-state index in [1.165, 1.54) is 3.57 Å². The van der Waals surface area contributed by atoms with Crippen molar-refractivity contribution >= 4 is 28.3 Å². The summed E-state index contributed by atoms with van der Waals surface area (Å²) >= 11 is 2.29. The minimum Gasteiger partial charge on any atom is -0.507 e. The molecule has 0 saturated heterocycles. The number of phenols is 1. The third kappa shape index (κ3) is 2.91. The van der Waals surface area contributed by atoms with Gasteiger partial charge in [-0.2, -0.15) is 0 Å². The van der Waals surface area contributed by atoms with Gasteiger partial charge in [-0.15, -0.1) is 0 Å². The molecule has 2 rings (SSSR count). The molecule has 0 atom stereocenters. The molecular formula is C14H14INO. The van der Waals surface area contributed by atoms with E-state index in [2.05, 4.69) is 34.0 Å². The summed E-state index contributed by atoms with van der Waals surface area (Å²) in [6.07, 6.45) is 0. The first-order chi connectivity index (χ1) is 8.18. The van der Waals surface area contributed by atoms with Crippen LogP contribution >= 0.6 is 22.6 Å². The van der Waals surface area contributed by atoms with E-state index in [0.29, 0.717) is 12.3 Å². The lowest BCUT2D eigenvalue weighted by Gasteiger charge is -2.10. The zero-order chi connectivity index (χ0) is 12.3. The van der Waals surface area contributed by atoms with Gasteiger partial charge in [0.25, 0.3) is 0 Å². The lowest BCUT2D eigenvalue weighted by molar-refractivity contribution is 0.465. The largest absolute Gasteiger partial charge is 0.507 e. The second kappa shape index (κ2) is 5.40. The fraction of sp³-hybridized carbons (Fsp3) is 0.143. The SMILES string of the molecule is Cc1cccc(CNc2ccccc2I)c1O. The standard InChI is InChI=1S/C14H14INO/c1-10-5-4-6-11(14(10)17)9-16-13-8-3-2-7-12(13)15/h2-8,16-17H,9H2,1H3. The van der Waals surface area contributed by atoms with E-state index in [1.54, 1.807) is 0 Å². The van der Waals surface area contributed by atoms with Crippen LogP contribution in [0.2, 0.25) is 0 Å². The molecule has 17 heavy (non-hydrogen) atoms. The third-order valence-electron chi connectivity index (χ3n) is 2.66. The Hall–Kier alpha value is -1.23. The molecule has 3 heteroatoms. The van der Waals surface area contributed by atoms with Gasteiger partial charge >= 0.3 is 0 Å². The Labute approximate surface area is 115 Å². The summed E-state index contributed by atoms with van der Waals surface area (Å²) in [5, 5.41) is 13.2. The maximum Gasteiger partial charge on any atom is 0.123 e. The van der Waals surface area contributed by atoms with Crippen molar-refractivity contribution in [2.24, 2.45) is 0 Å². The van der Waals surface area contributed by atoms with Crippen molar-refractivity contribution in [1.29, 1.82) is 0 Å². The van der Waals surface area contributed by atoms with Gasteiger partial charge < -0.3 is 10.4 Å². The van der Waals surface area contributed by atoms with Gasteiger partial charge in [-0.25, -0.2) is 0 Å². The highest BCUT2D eigenvalue weighted by Gasteiger charge is 2.04. The number of benzene rings is 2. The summed E-state index contributed by atoms with van der Waals surface area (Å²) in [5.74, 6) is 0.380. The smallest absolute Gasteiger partial charge is 0.123 e. The lowest BCUT2D eigenvalue weighted by atomic mass is 10.1. The maximum atomic E-state index is 9.90. The summed E-state index contributed by atoms with van der Waals surface area (Å²) in [7, 11) is 0. The number of aromatic hydroxyl groups is 1. The molecule has 0 unspecified atom stereocenters. The number of nitrogens with one attached hydrogen (secondary N) is 1. The van der Waals surface area contributed by atoms with E-state index in [4.69, 9.17) is 0 Å². The fourth-order valence-electron chi connectivity index (χ4n) is 1.66. The zero-order valence-electron chi connectivity index (χ0n) is 9.57. The molecule has 0 aliphatic carbocycles. The molecule has 0 heterocycles. The quantitative estimate of drug-likeness (QED) is 0.831. The van der Waals surface area contributed by atoms with Crippen LogP contribution in [0.25, 0.3) is 0 Å². The number of rotatable bonds is 3. The minimum atomic E-state index is 0.380. The van der Waals surface area contributed by atoms with Gasteiger partial charge in [0.15, 0.2) is 0 Å². The van der Waals surface area contributed by atoms with Crippen LogP contribution in [-0.2, 0) is 6.54 Å². The number of anilines is 1. The van der Waals surface area contributed by atoms with Crippen molar-refractivity contribution in [3.05, 3.63) is 57.2 Å². The van der Waals surface area contributed by atoms with Crippen LogP contribution < -0.4 is 5.32 Å². The van der Waals surface area contributed by atoms with E-state index >= 15 is 0 Å². The van der Waals surface area contributed by atoms with Gasteiger partial charge in [0.2, 0.25) is 0 Å². The summed E-state index contributed by atoms with van der Waals surface area (Å²) < 4.78 is 1.18. The number of hydrogen-bond acceptors (Lipinski definition) is 2. The highest BCUT2D eigenvalue weighted by Crippen LogP contribution is 2.23. The van der Waals surface area contributed by atoms with Crippen LogP contribution in [0.3, 0.4) is 0 Å². The number of phenolic OH excluding ortho intramolecular Hbond substituents is 1. The second-order valence-electron chi connectivity index (χ2n) is 3.92. The summed E-state index contributed by atoms with van der Waals surface area (Å²) in [6.45, 7) is 2.54. The lowest BCUT2D eigenvalue weighted by Crippen LogP contribution is -2.01. The molecule has 2 nitrogen and oxygen atoms in total. The maximum absolute atomic E-state index is 9.90. The van der Waals surface area contributed by atoms with Crippen LogP contribution in [0.4, 0.5) is 5.69 Å². The predicted octanol–water partition coefficient (Wildman–Crippen LogP) is 3.92. The number of halogens is 1. The Kier molecular flexibility index (Phi) is 3.89. The van der Waals surface area contributed by atoms with E-state index < -0.39 is 0 Å². The molecule has 2 aromatic carbocycles. The molecule has 0 aliphatic rings. The first-order valence-electron chi connectivity index (χ1n) is 5.44. The molecule has 0 saturated carbocycles. The Balaban J connectivity index is 2.13. The Morgan fingerprint density at radius 1 is 1.12 bits per heavy atom. The van der Waals surface area contributed by atoms with Crippen LogP contribution in [-0.4, -0.2) is 5.11 Å². The van der Waals surface area contributed by atoms with Crippen LogP contribution in [0.1, 0.15) is 11.1 Å². The molecule has 0 fully saturated rings. The van der Waals surface area contributed by atoms with Gasteiger partial charge in [0.05, 0.1) is 0 Å². The Morgan fingerprint density at radius 2 is 1.88 bits per heavy atom. The summed E-state index contributed by atoms with van der Waals surface area (Å²) in [6, 6.07) is 13.9. The summed E-state index contributed by atoms with van der Waals surface area (Å²) in [4.78, 5) is 0. The monoisotopic (exact) mass is 339 g/mol. The van der Waals surface area contributed by atoms with Crippen LogP contribution in [0.15, 0.2) is 42.5 Å². The van der Waals surface area contributed by atoms with Gasteiger partial charge in [-0.1, -0.05) is 30.3 Å². The fourth-order valence-corrected chi connectivity index (χ4v) is 2.24. The second-order valence-corrected chi connectivity index (χ2v) is 5.08. The minimum absolute atomic E-state index is 0.380. The molecule has 2 N–H and O–H groups in total. The number of hydrogen-bond donors (Lipinski definition) is 2. The molecule has 0 radical (unpaired) electrons. The summed E-state index contributed by atoms with van der Waals surface area (Å²) in [5.41, 5.74) is 2.92. The molecular weight excluding hydrogens is 325 g/mol. The molecule has 0 spiro atoms. The number of aryl methyl sites for hydroxylation is 1. The highest BCUT2D eigenvalue weighted by molar-refractivity contribution is 14.1. The van der Waals surface area contributed by atoms with Crippen molar-refractivity contribution in [3.8, 4) is 5.75 Å². The zero-order valence-corrected chi connectivity index (χ0v) is 11.7. The number of para-hydroxylation sites is 2. The van der Waals surface area contributed by atoms with Gasteiger partial charge in [-0.05, 0) is 47.2 Å². The van der Waals surface area contributed by atoms with Crippen molar-refractivity contribution in [3.63, 3.8) is 0 Å². The molecule has 88 valence electrons. The Morgan fingerprint density at radius 3 is 2.65 bits per heavy atom. The van der Waals surface area contributed by atoms with Gasteiger partial charge in [-0.3, -0.25) is 0 Å². The molecule has 0 bridgehead atoms. The molecule has 2 aromatic rings. The van der Waals surface area contributed by atoms with Gasteiger partial charge in [0.1, 0.15) is 5.75 Å². The van der Waals surface area contributed by atoms with Crippen LogP contribution in [0, 0.1) is 10.5 Å². The normalized spacial score (nSPS) is 10.2. The van der Waals surface area contributed by atoms with E-state index in [-0.39, 0.29) is 0 Å². The first-order valence-corrected chi connectivity index (χ1v) is 6.52. The van der Waals surface area contributed by atoms with E-state index in [1.807, 2.05) is 43.3 Å². The topological polar surface area (TPSA) is 32.3 Å².